The number of benzene rings is 3. The largest absolute Gasteiger partial charge is 0.405 e. The first-order valence-electron chi connectivity index (χ1n) is 14.4. The molecular formula is C33H36F3N3O2. The minimum Gasteiger partial charge on any atom is -0.349 e. The molecular weight excluding hydrogens is 527 g/mol. The maximum absolute atomic E-state index is 13.6. The van der Waals surface area contributed by atoms with Gasteiger partial charge in [0.15, 0.2) is 0 Å². The molecule has 0 aromatic heterocycles. The number of hydrogen-bond donors (Lipinski definition) is 3. The van der Waals surface area contributed by atoms with Crippen molar-refractivity contribution in [1.82, 2.24) is 16.0 Å². The van der Waals surface area contributed by atoms with Crippen molar-refractivity contribution in [1.29, 1.82) is 0 Å². The van der Waals surface area contributed by atoms with Gasteiger partial charge in [0.2, 0.25) is 5.91 Å². The van der Waals surface area contributed by atoms with E-state index >= 15 is 0 Å². The van der Waals surface area contributed by atoms with Gasteiger partial charge in [-0.05, 0) is 91.9 Å². The molecule has 0 aliphatic heterocycles. The van der Waals surface area contributed by atoms with Gasteiger partial charge < -0.3 is 16.0 Å². The van der Waals surface area contributed by atoms with Crippen molar-refractivity contribution in [3.05, 3.63) is 95.6 Å². The van der Waals surface area contributed by atoms with Crippen molar-refractivity contribution in [2.75, 3.05) is 19.6 Å². The maximum atomic E-state index is 13.6. The van der Waals surface area contributed by atoms with Gasteiger partial charge in [0.1, 0.15) is 12.0 Å². The molecule has 0 bridgehead atoms. The third kappa shape index (κ3) is 6.48. The lowest BCUT2D eigenvalue weighted by Gasteiger charge is -2.32. The van der Waals surface area contributed by atoms with Crippen LogP contribution in [0.5, 0.6) is 0 Å². The van der Waals surface area contributed by atoms with Crippen LogP contribution in [0.2, 0.25) is 0 Å². The molecule has 0 atom stereocenters. The van der Waals surface area contributed by atoms with Gasteiger partial charge >= 0.3 is 6.18 Å². The molecule has 0 unspecified atom stereocenters. The molecule has 1 saturated carbocycles. The standard InChI is InChI=1S/C33H36F3N3O2/c34-33(35,36)22-38-31(41)32(28-13-6-4-11-26(28)27-12-5-7-14-29(27)32)19-8-20-37-21-23-15-17-25(18-16-23)39-30(40)24-9-2-1-3-10-24/h1-7,9-14,23,25,37H,8,15-22H2,(H,38,41)(H,39,40). The van der Waals surface area contributed by atoms with Gasteiger partial charge in [0.25, 0.3) is 5.91 Å². The highest BCUT2D eigenvalue weighted by Crippen LogP contribution is 2.51. The molecule has 1 fully saturated rings. The lowest BCUT2D eigenvalue weighted by molar-refractivity contribution is -0.141. The monoisotopic (exact) mass is 563 g/mol. The van der Waals surface area contributed by atoms with Crippen LogP contribution in [0.1, 0.15) is 60.0 Å². The van der Waals surface area contributed by atoms with Crippen LogP contribution in [0.25, 0.3) is 11.1 Å². The molecule has 0 spiro atoms. The molecule has 3 aromatic rings. The Kier molecular flexibility index (Phi) is 8.78. The number of amides is 2. The molecule has 0 saturated heterocycles. The van der Waals surface area contributed by atoms with Gasteiger partial charge in [0.05, 0.1) is 0 Å². The molecule has 3 aromatic carbocycles. The molecule has 2 amide bonds. The number of fused-ring (bicyclic) bond motifs is 3. The van der Waals surface area contributed by atoms with E-state index in [2.05, 4.69) is 16.0 Å². The Labute approximate surface area is 238 Å². The molecule has 5 nitrogen and oxygen atoms in total. The van der Waals surface area contributed by atoms with Crippen molar-refractivity contribution in [3.8, 4) is 11.1 Å². The van der Waals surface area contributed by atoms with E-state index in [0.29, 0.717) is 30.9 Å². The summed E-state index contributed by atoms with van der Waals surface area (Å²) in [5.74, 6) is -0.143. The normalized spacial score (nSPS) is 19.2. The van der Waals surface area contributed by atoms with E-state index in [1.165, 1.54) is 0 Å². The fourth-order valence-corrected chi connectivity index (χ4v) is 6.44. The Balaban J connectivity index is 1.17. The summed E-state index contributed by atoms with van der Waals surface area (Å²) in [6.07, 6.45) is 0.427. The van der Waals surface area contributed by atoms with Gasteiger partial charge in [-0.15, -0.1) is 0 Å². The molecule has 0 radical (unpaired) electrons. The molecule has 2 aliphatic carbocycles. The minimum atomic E-state index is -4.49. The predicted molar refractivity (Wildman–Crippen MR) is 153 cm³/mol. The average Bonchev–Trinajstić information content (AvgIpc) is 3.27. The number of alkyl halides is 3. The Bertz CT molecular complexity index is 1310. The fraction of sp³-hybridized carbons (Fsp3) is 0.394. The van der Waals surface area contributed by atoms with Gasteiger partial charge in [-0.25, -0.2) is 0 Å². The van der Waals surface area contributed by atoms with E-state index in [0.717, 1.165) is 54.5 Å². The molecule has 2 aliphatic rings. The van der Waals surface area contributed by atoms with Crippen LogP contribution < -0.4 is 16.0 Å². The van der Waals surface area contributed by atoms with E-state index in [4.69, 9.17) is 0 Å². The quantitative estimate of drug-likeness (QED) is 0.266. The zero-order valence-electron chi connectivity index (χ0n) is 23.0. The minimum absolute atomic E-state index is 0.0320. The van der Waals surface area contributed by atoms with E-state index in [1.807, 2.05) is 78.9 Å². The Morgan fingerprint density at radius 3 is 2.00 bits per heavy atom. The average molecular weight is 564 g/mol. The molecule has 3 N–H and O–H groups in total. The van der Waals surface area contributed by atoms with Gasteiger partial charge in [-0.1, -0.05) is 66.7 Å². The van der Waals surface area contributed by atoms with E-state index in [1.54, 1.807) is 0 Å². The summed E-state index contributed by atoms with van der Waals surface area (Å²) in [5.41, 5.74) is 2.82. The molecule has 8 heteroatoms. The van der Waals surface area contributed by atoms with Crippen molar-refractivity contribution in [3.63, 3.8) is 0 Å². The van der Waals surface area contributed by atoms with Gasteiger partial charge in [-0.2, -0.15) is 13.2 Å². The molecule has 216 valence electrons. The second kappa shape index (κ2) is 12.5. The van der Waals surface area contributed by atoms with E-state index < -0.39 is 24.0 Å². The SMILES string of the molecule is O=C(NC1CCC(CNCCCC2(C(=O)NCC(F)(F)F)c3ccccc3-c3ccccc32)CC1)c1ccccc1. The van der Waals surface area contributed by atoms with Crippen LogP contribution in [0.15, 0.2) is 78.9 Å². The van der Waals surface area contributed by atoms with E-state index in [-0.39, 0.29) is 11.9 Å². The van der Waals surface area contributed by atoms with Crippen molar-refractivity contribution >= 4 is 11.8 Å². The number of halogens is 3. The summed E-state index contributed by atoms with van der Waals surface area (Å²) < 4.78 is 39.2. The van der Waals surface area contributed by atoms with Crippen LogP contribution in [-0.2, 0) is 10.2 Å². The first-order chi connectivity index (χ1) is 19.8. The Morgan fingerprint density at radius 2 is 1.39 bits per heavy atom. The topological polar surface area (TPSA) is 70.2 Å². The summed E-state index contributed by atoms with van der Waals surface area (Å²) in [4.78, 5) is 26.0. The lowest BCUT2D eigenvalue weighted by atomic mass is 9.73. The van der Waals surface area contributed by atoms with Crippen molar-refractivity contribution in [2.45, 2.75) is 56.2 Å². The van der Waals surface area contributed by atoms with Gasteiger partial charge in [-0.3, -0.25) is 9.59 Å². The van der Waals surface area contributed by atoms with Crippen LogP contribution in [-0.4, -0.2) is 43.7 Å². The van der Waals surface area contributed by atoms with Gasteiger partial charge in [0, 0.05) is 11.6 Å². The highest BCUT2D eigenvalue weighted by atomic mass is 19.4. The molecule has 0 heterocycles. The summed E-state index contributed by atoms with van der Waals surface area (Å²) in [6.45, 7) is 0.133. The molecule has 5 rings (SSSR count). The number of carbonyl (C=O) groups excluding carboxylic acids is 2. The van der Waals surface area contributed by atoms with Crippen LogP contribution in [0.4, 0.5) is 13.2 Å². The Morgan fingerprint density at radius 1 is 0.805 bits per heavy atom. The zero-order chi connectivity index (χ0) is 28.9. The predicted octanol–water partition coefficient (Wildman–Crippen LogP) is 5.99. The Hall–Kier alpha value is -3.65. The van der Waals surface area contributed by atoms with Crippen molar-refractivity contribution < 1.29 is 22.8 Å². The summed E-state index contributed by atoms with van der Waals surface area (Å²) in [5, 5.41) is 8.86. The van der Waals surface area contributed by atoms with Crippen LogP contribution >= 0.6 is 0 Å². The first-order valence-corrected chi connectivity index (χ1v) is 14.4. The molecule has 41 heavy (non-hydrogen) atoms. The van der Waals surface area contributed by atoms with Crippen molar-refractivity contribution in [2.24, 2.45) is 5.92 Å². The first kappa shape index (κ1) is 28.9. The highest BCUT2D eigenvalue weighted by Gasteiger charge is 2.49. The van der Waals surface area contributed by atoms with Crippen LogP contribution in [0, 0.1) is 5.92 Å². The zero-order valence-corrected chi connectivity index (χ0v) is 23.0. The third-order valence-corrected chi connectivity index (χ3v) is 8.46. The second-order valence-corrected chi connectivity index (χ2v) is 11.2. The number of nitrogens with one attached hydrogen (secondary N) is 3. The fourth-order valence-electron chi connectivity index (χ4n) is 6.44. The third-order valence-electron chi connectivity index (χ3n) is 8.46. The summed E-state index contributed by atoms with van der Waals surface area (Å²) >= 11 is 0. The second-order valence-electron chi connectivity index (χ2n) is 11.2. The smallest absolute Gasteiger partial charge is 0.349 e. The summed E-state index contributed by atoms with van der Waals surface area (Å²) in [6, 6.07) is 24.5. The van der Waals surface area contributed by atoms with Crippen LogP contribution in [0.3, 0.4) is 0 Å². The summed E-state index contributed by atoms with van der Waals surface area (Å²) in [7, 11) is 0. The highest BCUT2D eigenvalue weighted by molar-refractivity contribution is 6.00. The maximum Gasteiger partial charge on any atom is 0.405 e. The number of carbonyl (C=O) groups is 2. The number of rotatable bonds is 10. The number of hydrogen-bond acceptors (Lipinski definition) is 3. The lowest BCUT2D eigenvalue weighted by Crippen LogP contribution is -2.47. The van der Waals surface area contributed by atoms with E-state index in [9.17, 15) is 22.8 Å².